The van der Waals surface area contributed by atoms with Crippen LogP contribution in [0.25, 0.3) is 0 Å². The minimum absolute atomic E-state index is 0.0961. The van der Waals surface area contributed by atoms with Crippen molar-refractivity contribution in [2.45, 2.75) is 13.5 Å². The molecular weight excluding hydrogens is 338 g/mol. The molecule has 0 fully saturated rings. The van der Waals surface area contributed by atoms with E-state index in [4.69, 9.17) is 0 Å². The van der Waals surface area contributed by atoms with Gasteiger partial charge in [0.2, 0.25) is 0 Å². The minimum atomic E-state index is -0.495. The van der Waals surface area contributed by atoms with E-state index in [0.29, 0.717) is 24.6 Å². The molecule has 2 rings (SSSR count). The number of hydrogen-bond donors (Lipinski definition) is 3. The van der Waals surface area contributed by atoms with Crippen molar-refractivity contribution < 1.29 is 13.6 Å². The van der Waals surface area contributed by atoms with Crippen molar-refractivity contribution in [3.8, 4) is 0 Å². The third-order valence-corrected chi connectivity index (χ3v) is 3.66. The predicted molar refractivity (Wildman–Crippen MR) is 98.1 cm³/mol. The van der Waals surface area contributed by atoms with Gasteiger partial charge in [-0.2, -0.15) is 0 Å². The standard InChI is InChI=1S/C19H22F2N4O/c1-13-4-3-5-14(10-13)18(26)23-8-9-24-19(22-2)25-12-15-11-16(20)6-7-17(15)21/h3-7,10-11H,8-9,12H2,1-2H3,(H,23,26)(H2,22,24,25). The van der Waals surface area contributed by atoms with E-state index in [0.717, 1.165) is 23.8 Å². The molecule has 0 saturated heterocycles. The molecule has 0 aliphatic heterocycles. The van der Waals surface area contributed by atoms with E-state index in [2.05, 4.69) is 20.9 Å². The fraction of sp³-hybridized carbons (Fsp3) is 0.263. The third kappa shape index (κ3) is 5.84. The zero-order chi connectivity index (χ0) is 18.9. The predicted octanol–water partition coefficient (Wildman–Crippen LogP) is 2.37. The molecule has 26 heavy (non-hydrogen) atoms. The van der Waals surface area contributed by atoms with Crippen LogP contribution in [0.2, 0.25) is 0 Å². The van der Waals surface area contributed by atoms with E-state index in [9.17, 15) is 13.6 Å². The van der Waals surface area contributed by atoms with Crippen LogP contribution in [-0.2, 0) is 6.54 Å². The number of aliphatic imine (C=N–C) groups is 1. The van der Waals surface area contributed by atoms with Gasteiger partial charge in [-0.05, 0) is 37.3 Å². The van der Waals surface area contributed by atoms with Crippen molar-refractivity contribution in [1.29, 1.82) is 0 Å². The first kappa shape index (κ1) is 19.4. The van der Waals surface area contributed by atoms with Crippen molar-refractivity contribution in [2.24, 2.45) is 4.99 Å². The Labute approximate surface area is 151 Å². The summed E-state index contributed by atoms with van der Waals surface area (Å²) in [5, 5.41) is 8.70. The molecule has 0 saturated carbocycles. The molecule has 5 nitrogen and oxygen atoms in total. The lowest BCUT2D eigenvalue weighted by atomic mass is 10.1. The Kier molecular flexibility index (Phi) is 7.08. The zero-order valence-corrected chi connectivity index (χ0v) is 14.8. The van der Waals surface area contributed by atoms with E-state index >= 15 is 0 Å². The highest BCUT2D eigenvalue weighted by molar-refractivity contribution is 5.94. The number of hydrogen-bond acceptors (Lipinski definition) is 2. The Hall–Kier alpha value is -2.96. The summed E-state index contributed by atoms with van der Waals surface area (Å²) in [4.78, 5) is 16.0. The molecule has 3 N–H and O–H groups in total. The average molecular weight is 360 g/mol. The molecule has 0 aliphatic carbocycles. The molecular formula is C19H22F2N4O. The van der Waals surface area contributed by atoms with Crippen LogP contribution in [0.3, 0.4) is 0 Å². The molecule has 0 atom stereocenters. The van der Waals surface area contributed by atoms with E-state index < -0.39 is 11.6 Å². The monoisotopic (exact) mass is 360 g/mol. The van der Waals surface area contributed by atoms with Crippen molar-refractivity contribution in [1.82, 2.24) is 16.0 Å². The quantitative estimate of drug-likeness (QED) is 0.421. The van der Waals surface area contributed by atoms with Crippen LogP contribution < -0.4 is 16.0 Å². The Morgan fingerprint density at radius 2 is 1.81 bits per heavy atom. The van der Waals surface area contributed by atoms with E-state index in [1.54, 1.807) is 13.1 Å². The molecule has 0 spiro atoms. The average Bonchev–Trinajstić information content (AvgIpc) is 2.63. The normalized spacial score (nSPS) is 11.2. The molecule has 1 amide bonds. The molecule has 2 aromatic carbocycles. The highest BCUT2D eigenvalue weighted by Crippen LogP contribution is 2.09. The Balaban J connectivity index is 1.75. The summed E-state index contributed by atoms with van der Waals surface area (Å²) in [5.74, 6) is -0.705. The molecule has 0 unspecified atom stereocenters. The van der Waals surface area contributed by atoms with Crippen molar-refractivity contribution >= 4 is 11.9 Å². The molecule has 0 aliphatic rings. The fourth-order valence-corrected chi connectivity index (χ4v) is 2.32. The highest BCUT2D eigenvalue weighted by Gasteiger charge is 2.06. The zero-order valence-electron chi connectivity index (χ0n) is 14.8. The van der Waals surface area contributed by atoms with Gasteiger partial charge in [0.25, 0.3) is 5.91 Å². The van der Waals surface area contributed by atoms with Crippen LogP contribution in [0.4, 0.5) is 8.78 Å². The van der Waals surface area contributed by atoms with Gasteiger partial charge >= 0.3 is 0 Å². The first-order valence-electron chi connectivity index (χ1n) is 8.23. The van der Waals surface area contributed by atoms with Gasteiger partial charge in [-0.3, -0.25) is 9.79 Å². The van der Waals surface area contributed by atoms with E-state index in [-0.39, 0.29) is 18.0 Å². The van der Waals surface area contributed by atoms with Crippen LogP contribution >= 0.6 is 0 Å². The van der Waals surface area contributed by atoms with Gasteiger partial charge in [0.15, 0.2) is 5.96 Å². The summed E-state index contributed by atoms with van der Waals surface area (Å²) in [5.41, 5.74) is 1.83. The van der Waals surface area contributed by atoms with Gasteiger partial charge in [0.1, 0.15) is 11.6 Å². The Morgan fingerprint density at radius 1 is 1.04 bits per heavy atom. The molecule has 138 valence electrons. The van der Waals surface area contributed by atoms with Gasteiger partial charge in [0.05, 0.1) is 0 Å². The maximum Gasteiger partial charge on any atom is 0.251 e. The van der Waals surface area contributed by atoms with Crippen molar-refractivity contribution in [3.05, 3.63) is 70.8 Å². The minimum Gasteiger partial charge on any atom is -0.355 e. The molecule has 7 heteroatoms. The first-order chi connectivity index (χ1) is 12.5. The van der Waals surface area contributed by atoms with Crippen LogP contribution in [0.1, 0.15) is 21.5 Å². The number of carbonyl (C=O) groups is 1. The molecule has 0 aromatic heterocycles. The van der Waals surface area contributed by atoms with Gasteiger partial charge in [0, 0.05) is 37.8 Å². The SMILES string of the molecule is CN=C(NCCNC(=O)c1cccc(C)c1)NCc1cc(F)ccc1F. The summed E-state index contributed by atoms with van der Waals surface area (Å²) in [6, 6.07) is 10.6. The smallest absolute Gasteiger partial charge is 0.251 e. The summed E-state index contributed by atoms with van der Waals surface area (Å²) in [6.07, 6.45) is 0. The van der Waals surface area contributed by atoms with Gasteiger partial charge in [-0.15, -0.1) is 0 Å². The maximum atomic E-state index is 13.6. The van der Waals surface area contributed by atoms with Gasteiger partial charge < -0.3 is 16.0 Å². The lowest BCUT2D eigenvalue weighted by molar-refractivity contribution is 0.0954. The second kappa shape index (κ2) is 9.50. The lowest BCUT2D eigenvalue weighted by Crippen LogP contribution is -2.41. The van der Waals surface area contributed by atoms with E-state index in [1.165, 1.54) is 0 Å². The topological polar surface area (TPSA) is 65.5 Å². The largest absolute Gasteiger partial charge is 0.355 e. The van der Waals surface area contributed by atoms with Gasteiger partial charge in [-0.25, -0.2) is 8.78 Å². The van der Waals surface area contributed by atoms with Gasteiger partial charge in [-0.1, -0.05) is 17.7 Å². The summed E-state index contributed by atoms with van der Waals surface area (Å²) in [7, 11) is 1.57. The molecule has 0 heterocycles. The summed E-state index contributed by atoms with van der Waals surface area (Å²) in [6.45, 7) is 2.85. The second-order valence-corrected chi connectivity index (χ2v) is 5.71. The van der Waals surface area contributed by atoms with Crippen LogP contribution in [0.15, 0.2) is 47.5 Å². The molecule has 0 radical (unpaired) electrons. The highest BCUT2D eigenvalue weighted by atomic mass is 19.1. The number of halogens is 2. The van der Waals surface area contributed by atoms with Crippen LogP contribution in [-0.4, -0.2) is 32.0 Å². The molecule has 2 aromatic rings. The number of rotatable bonds is 6. The fourth-order valence-electron chi connectivity index (χ4n) is 2.32. The van der Waals surface area contributed by atoms with E-state index in [1.807, 2.05) is 25.1 Å². The Bertz CT molecular complexity index is 793. The first-order valence-corrected chi connectivity index (χ1v) is 8.23. The van der Waals surface area contributed by atoms with Crippen molar-refractivity contribution in [3.63, 3.8) is 0 Å². The Morgan fingerprint density at radius 3 is 2.54 bits per heavy atom. The number of benzene rings is 2. The molecule has 0 bridgehead atoms. The summed E-state index contributed by atoms with van der Waals surface area (Å²) >= 11 is 0. The number of aryl methyl sites for hydroxylation is 1. The third-order valence-electron chi connectivity index (χ3n) is 3.66. The number of carbonyl (C=O) groups excluding carboxylic acids is 1. The lowest BCUT2D eigenvalue weighted by Gasteiger charge is -2.13. The van der Waals surface area contributed by atoms with Crippen molar-refractivity contribution in [2.75, 3.05) is 20.1 Å². The summed E-state index contributed by atoms with van der Waals surface area (Å²) < 4.78 is 26.8. The maximum absolute atomic E-state index is 13.6. The van der Waals surface area contributed by atoms with Crippen LogP contribution in [0, 0.1) is 18.6 Å². The number of guanidine groups is 1. The number of nitrogens with one attached hydrogen (secondary N) is 3. The van der Waals surface area contributed by atoms with Crippen LogP contribution in [0.5, 0.6) is 0 Å². The number of nitrogens with zero attached hydrogens (tertiary/aromatic N) is 1. The second-order valence-electron chi connectivity index (χ2n) is 5.71. The number of amides is 1.